The van der Waals surface area contributed by atoms with Gasteiger partial charge in [0, 0.05) is 22.5 Å². The van der Waals surface area contributed by atoms with Crippen LogP contribution >= 0.6 is 22.6 Å². The molecule has 88 valence electrons. The molecule has 0 radical (unpaired) electrons. The van der Waals surface area contributed by atoms with Crippen LogP contribution in [0, 0.1) is 10.5 Å². The summed E-state index contributed by atoms with van der Waals surface area (Å²) in [6.45, 7) is 1.99. The quantitative estimate of drug-likeness (QED) is 0.854. The number of nitrogens with one attached hydrogen (secondary N) is 1. The molecule has 1 heterocycles. The third-order valence-corrected chi connectivity index (χ3v) is 3.23. The minimum Gasteiger partial charge on any atom is -0.310 e. The fourth-order valence-electron chi connectivity index (χ4n) is 1.66. The lowest BCUT2D eigenvalue weighted by Gasteiger charge is -2.18. The molecule has 0 unspecified atom stereocenters. The molecule has 0 aliphatic rings. The summed E-state index contributed by atoms with van der Waals surface area (Å²) < 4.78 is 1.16. The smallest absolute Gasteiger partial charge is 0.276 e. The number of nitrogens with zero attached hydrogens (tertiary/aromatic N) is 2. The summed E-state index contributed by atoms with van der Waals surface area (Å²) in [5.41, 5.74) is 2.47. The predicted molar refractivity (Wildman–Crippen MR) is 75.2 cm³/mol. The summed E-state index contributed by atoms with van der Waals surface area (Å²) >= 11 is 2.25. The monoisotopic (exact) mass is 341 g/mol. The van der Waals surface area contributed by atoms with Crippen LogP contribution in [0.4, 0.5) is 5.69 Å². The van der Waals surface area contributed by atoms with Gasteiger partial charge in [0.2, 0.25) is 0 Å². The zero-order chi connectivity index (χ0) is 12.4. The minimum atomic E-state index is -0.0909. The first-order chi connectivity index (χ1) is 8.09. The van der Waals surface area contributed by atoms with Gasteiger partial charge < -0.3 is 4.90 Å². The molecule has 5 heteroatoms. The number of hydrogen-bond acceptors (Lipinski definition) is 2. The van der Waals surface area contributed by atoms with E-state index >= 15 is 0 Å². The van der Waals surface area contributed by atoms with E-state index in [2.05, 4.69) is 32.8 Å². The molecule has 0 spiro atoms. The van der Waals surface area contributed by atoms with Crippen molar-refractivity contribution in [3.8, 4) is 0 Å². The second kappa shape index (κ2) is 4.87. The molecule has 1 aromatic carbocycles. The van der Waals surface area contributed by atoms with Crippen LogP contribution in [0.15, 0.2) is 30.5 Å². The van der Waals surface area contributed by atoms with Gasteiger partial charge in [0.15, 0.2) is 0 Å². The number of aryl methyl sites for hydroxylation is 1. The molecule has 2 rings (SSSR count). The molecule has 0 fully saturated rings. The first-order valence-corrected chi connectivity index (χ1v) is 6.21. The highest BCUT2D eigenvalue weighted by Crippen LogP contribution is 2.22. The molecule has 0 saturated heterocycles. The van der Waals surface area contributed by atoms with E-state index in [0.717, 1.165) is 14.8 Å². The molecule has 1 aromatic heterocycles. The Balaban J connectivity index is 2.31. The fraction of sp³-hybridized carbons (Fsp3) is 0.167. The number of anilines is 1. The van der Waals surface area contributed by atoms with Crippen LogP contribution in [0.5, 0.6) is 0 Å². The largest absolute Gasteiger partial charge is 0.310 e. The van der Waals surface area contributed by atoms with E-state index in [1.54, 1.807) is 24.2 Å². The Hall–Kier alpha value is -1.37. The summed E-state index contributed by atoms with van der Waals surface area (Å²) in [5, 5.41) is 6.46. The predicted octanol–water partition coefficient (Wildman–Crippen LogP) is 2.60. The highest BCUT2D eigenvalue weighted by Gasteiger charge is 2.15. The topological polar surface area (TPSA) is 49.0 Å². The van der Waals surface area contributed by atoms with Gasteiger partial charge in [-0.1, -0.05) is 0 Å². The number of carbonyl (C=O) groups excluding carboxylic acids is 1. The zero-order valence-corrected chi connectivity index (χ0v) is 11.7. The van der Waals surface area contributed by atoms with E-state index in [0.29, 0.717) is 5.69 Å². The first-order valence-electron chi connectivity index (χ1n) is 5.13. The molecular weight excluding hydrogens is 329 g/mol. The number of halogens is 1. The first kappa shape index (κ1) is 12.1. The van der Waals surface area contributed by atoms with Crippen molar-refractivity contribution in [1.29, 1.82) is 0 Å². The lowest BCUT2D eigenvalue weighted by molar-refractivity contribution is 0.0988. The Kier molecular flexibility index (Phi) is 3.46. The molecule has 0 atom stereocenters. The molecule has 1 amide bonds. The van der Waals surface area contributed by atoms with E-state index in [4.69, 9.17) is 0 Å². The SMILES string of the molecule is Cc1cc(I)ccc1N(C)C(=O)c1ccn[nH]1. The van der Waals surface area contributed by atoms with Crippen LogP contribution < -0.4 is 4.90 Å². The van der Waals surface area contributed by atoms with Crippen molar-refractivity contribution in [2.24, 2.45) is 0 Å². The van der Waals surface area contributed by atoms with Crippen molar-refractivity contribution in [3.05, 3.63) is 45.3 Å². The van der Waals surface area contributed by atoms with Crippen LogP contribution in [0.1, 0.15) is 16.1 Å². The number of aromatic nitrogens is 2. The van der Waals surface area contributed by atoms with Crippen molar-refractivity contribution < 1.29 is 4.79 Å². The summed E-state index contributed by atoms with van der Waals surface area (Å²) in [6.07, 6.45) is 1.57. The van der Waals surface area contributed by atoms with Crippen LogP contribution in [-0.2, 0) is 0 Å². The summed E-state index contributed by atoms with van der Waals surface area (Å²) in [7, 11) is 1.76. The van der Waals surface area contributed by atoms with Crippen LogP contribution in [0.2, 0.25) is 0 Å². The van der Waals surface area contributed by atoms with Crippen LogP contribution in [-0.4, -0.2) is 23.2 Å². The maximum atomic E-state index is 12.1. The molecular formula is C12H12IN3O. The lowest BCUT2D eigenvalue weighted by Crippen LogP contribution is -2.27. The van der Waals surface area contributed by atoms with Crippen molar-refractivity contribution in [3.63, 3.8) is 0 Å². The number of rotatable bonds is 2. The number of carbonyl (C=O) groups is 1. The van der Waals surface area contributed by atoms with E-state index in [1.807, 2.05) is 25.1 Å². The van der Waals surface area contributed by atoms with Crippen molar-refractivity contribution in [2.45, 2.75) is 6.92 Å². The highest BCUT2D eigenvalue weighted by atomic mass is 127. The van der Waals surface area contributed by atoms with Gasteiger partial charge in [-0.25, -0.2) is 0 Å². The van der Waals surface area contributed by atoms with E-state index in [1.165, 1.54) is 0 Å². The van der Waals surface area contributed by atoms with Crippen molar-refractivity contribution in [1.82, 2.24) is 10.2 Å². The Morgan fingerprint density at radius 3 is 2.76 bits per heavy atom. The van der Waals surface area contributed by atoms with Crippen LogP contribution in [0.25, 0.3) is 0 Å². The highest BCUT2D eigenvalue weighted by molar-refractivity contribution is 14.1. The molecule has 0 saturated carbocycles. The van der Waals surface area contributed by atoms with Gasteiger partial charge in [-0.3, -0.25) is 9.89 Å². The van der Waals surface area contributed by atoms with E-state index in [-0.39, 0.29) is 5.91 Å². The Labute approximate surface area is 113 Å². The second-order valence-electron chi connectivity index (χ2n) is 3.77. The normalized spacial score (nSPS) is 10.3. The number of hydrogen-bond donors (Lipinski definition) is 1. The van der Waals surface area contributed by atoms with Gasteiger partial charge in [-0.2, -0.15) is 5.10 Å². The number of benzene rings is 1. The average Bonchev–Trinajstić information content (AvgIpc) is 2.80. The lowest BCUT2D eigenvalue weighted by atomic mass is 10.2. The summed E-state index contributed by atoms with van der Waals surface area (Å²) in [5.74, 6) is -0.0909. The molecule has 4 nitrogen and oxygen atoms in total. The van der Waals surface area contributed by atoms with Gasteiger partial charge in [-0.05, 0) is 59.3 Å². The molecule has 2 aromatic rings. The van der Waals surface area contributed by atoms with Gasteiger partial charge in [0.1, 0.15) is 5.69 Å². The van der Waals surface area contributed by atoms with Crippen LogP contribution in [0.3, 0.4) is 0 Å². The molecule has 17 heavy (non-hydrogen) atoms. The fourth-order valence-corrected chi connectivity index (χ4v) is 2.31. The number of H-pyrrole nitrogens is 1. The van der Waals surface area contributed by atoms with Gasteiger partial charge in [0.05, 0.1) is 0 Å². The van der Waals surface area contributed by atoms with Gasteiger partial charge in [-0.15, -0.1) is 0 Å². The Morgan fingerprint density at radius 1 is 1.41 bits per heavy atom. The standard InChI is InChI=1S/C12H12IN3O/c1-8-7-9(13)3-4-11(8)16(2)12(17)10-5-6-14-15-10/h3-7H,1-2H3,(H,14,15). The molecule has 1 N–H and O–H groups in total. The zero-order valence-electron chi connectivity index (χ0n) is 9.57. The molecule has 0 aliphatic heterocycles. The third-order valence-electron chi connectivity index (χ3n) is 2.56. The van der Waals surface area contributed by atoms with Gasteiger partial charge >= 0.3 is 0 Å². The Bertz CT molecular complexity index is 537. The van der Waals surface area contributed by atoms with E-state index < -0.39 is 0 Å². The van der Waals surface area contributed by atoms with Crippen molar-refractivity contribution >= 4 is 34.2 Å². The van der Waals surface area contributed by atoms with E-state index in [9.17, 15) is 4.79 Å². The van der Waals surface area contributed by atoms with Gasteiger partial charge in [0.25, 0.3) is 5.91 Å². The maximum Gasteiger partial charge on any atom is 0.276 e. The molecule has 0 bridgehead atoms. The average molecular weight is 341 g/mol. The Morgan fingerprint density at radius 2 is 2.18 bits per heavy atom. The summed E-state index contributed by atoms with van der Waals surface area (Å²) in [6, 6.07) is 7.65. The second-order valence-corrected chi connectivity index (χ2v) is 5.01. The third kappa shape index (κ3) is 2.49. The number of amides is 1. The summed E-state index contributed by atoms with van der Waals surface area (Å²) in [4.78, 5) is 13.7. The minimum absolute atomic E-state index is 0.0909. The maximum absolute atomic E-state index is 12.1. The molecule has 0 aliphatic carbocycles. The number of aromatic amines is 1. The van der Waals surface area contributed by atoms with Crippen molar-refractivity contribution in [2.75, 3.05) is 11.9 Å².